The van der Waals surface area contributed by atoms with Crippen molar-refractivity contribution in [2.75, 3.05) is 84.8 Å². The minimum Gasteiger partial charge on any atom is -0.480 e. The number of aliphatic carboxylic acids is 1. The van der Waals surface area contributed by atoms with Crippen LogP contribution in [0.25, 0.3) is 0 Å². The second-order valence-corrected chi connectivity index (χ2v) is 20.2. The van der Waals surface area contributed by atoms with Gasteiger partial charge in [0.1, 0.15) is 19.3 Å². The number of carbonyl (C=O) groups is 7. The molecule has 71 heavy (non-hydrogen) atoms. The van der Waals surface area contributed by atoms with Crippen molar-refractivity contribution in [3.8, 4) is 0 Å². The maximum Gasteiger partial charge on any atom is 0.326 e. The highest BCUT2D eigenvalue weighted by Crippen LogP contribution is 2.29. The number of ether oxygens (including phenoxy) is 4. The number of carboxylic acid groups (broad SMARTS) is 1. The smallest absolute Gasteiger partial charge is 0.326 e. The number of carboxylic acids is 1. The number of rotatable bonds is 47. The van der Waals surface area contributed by atoms with Crippen molar-refractivity contribution in [2.45, 2.75) is 160 Å². The van der Waals surface area contributed by atoms with E-state index < -0.39 is 34.1 Å². The van der Waals surface area contributed by atoms with Crippen LogP contribution >= 0.6 is 22.9 Å². The lowest BCUT2D eigenvalue weighted by atomic mass is 9.81. The molecule has 0 aromatic carbocycles. The SMILES string of the molecule is NC(=O)[C@H](CCCCNC(=O)COCCOCCNC(=O)COCCOCCNC(=O)CC[C@H](NC(=O)C1CCC(CNC(=O)CCCCCCCCCCCCCCCS(=O)(=O)O)CC1)C(=O)O)NI. The molecule has 0 saturated heterocycles. The molecular formula is C47H86IN7O15S. The summed E-state index contributed by atoms with van der Waals surface area (Å²) in [4.78, 5) is 84.6. The van der Waals surface area contributed by atoms with E-state index in [1.807, 2.05) is 22.9 Å². The summed E-state index contributed by atoms with van der Waals surface area (Å²) in [6, 6.07) is -1.59. The van der Waals surface area contributed by atoms with Crippen molar-refractivity contribution >= 4 is 74.4 Å². The van der Waals surface area contributed by atoms with Crippen molar-refractivity contribution in [1.29, 1.82) is 0 Å². The Kier molecular flexibility index (Phi) is 40.0. The Morgan fingerprint density at radius 2 is 1.03 bits per heavy atom. The number of hydrogen-bond donors (Lipinski definition) is 9. The van der Waals surface area contributed by atoms with Crippen LogP contribution in [0.4, 0.5) is 0 Å². The Labute approximate surface area is 435 Å². The van der Waals surface area contributed by atoms with Crippen LogP contribution in [0, 0.1) is 11.8 Å². The molecule has 0 spiro atoms. The van der Waals surface area contributed by atoms with E-state index in [2.05, 4.69) is 30.1 Å². The minimum absolute atomic E-state index is 0.0439. The standard InChI is InChI=1S/C47H86IN7O15S/c48-55-39(45(49)60)16-13-14-24-50-43(58)35-69-31-30-68-28-26-52-44(59)36-70-32-29-67-27-25-51-42(57)23-22-40(47(62)63)54-46(61)38-20-18-37(19-21-38)34-53-41(56)17-12-10-8-6-4-2-1-3-5-7-9-11-15-33-71(64,65)66/h37-40,55H,1-36H2,(H2,49,60)(H,50,58)(H,51,57)(H,52,59)(H,53,56)(H,54,61)(H,62,63)(H,64,65,66)/t37?,38?,39-,40-/m0/s1. The highest BCUT2D eigenvalue weighted by molar-refractivity contribution is 14.1. The quantitative estimate of drug-likeness (QED) is 0.0183. The van der Waals surface area contributed by atoms with Gasteiger partial charge < -0.3 is 56.4 Å². The third kappa shape index (κ3) is 39.9. The minimum atomic E-state index is -3.84. The lowest BCUT2D eigenvalue weighted by Gasteiger charge is -2.28. The molecule has 1 aliphatic carbocycles. The second-order valence-electron chi connectivity index (χ2n) is 18.0. The van der Waals surface area contributed by atoms with Gasteiger partial charge in [-0.05, 0) is 70.1 Å². The second kappa shape index (κ2) is 43.2. The summed E-state index contributed by atoms with van der Waals surface area (Å²) >= 11 is 1.89. The van der Waals surface area contributed by atoms with Gasteiger partial charge in [0.15, 0.2) is 0 Å². The fourth-order valence-corrected chi connectivity index (χ4v) is 8.94. The van der Waals surface area contributed by atoms with Crippen molar-refractivity contribution in [3.05, 3.63) is 0 Å². The van der Waals surface area contributed by atoms with Crippen LogP contribution in [0.3, 0.4) is 0 Å². The predicted octanol–water partition coefficient (Wildman–Crippen LogP) is 2.99. The Hall–Kier alpha value is -3.27. The van der Waals surface area contributed by atoms with Gasteiger partial charge in [0, 0.05) is 67.8 Å². The van der Waals surface area contributed by atoms with Crippen molar-refractivity contribution in [1.82, 2.24) is 30.1 Å². The van der Waals surface area contributed by atoms with Crippen LogP contribution < -0.4 is 35.8 Å². The first kappa shape index (κ1) is 65.7. The molecule has 1 fully saturated rings. The van der Waals surface area contributed by atoms with E-state index in [1.165, 1.54) is 25.7 Å². The van der Waals surface area contributed by atoms with Crippen LogP contribution in [-0.4, -0.2) is 156 Å². The van der Waals surface area contributed by atoms with Gasteiger partial charge in [-0.1, -0.05) is 70.6 Å². The maximum atomic E-state index is 13.0. The lowest BCUT2D eigenvalue weighted by Crippen LogP contribution is -2.45. The number of nitrogens with two attached hydrogens (primary N) is 1. The Bertz CT molecular complexity index is 1610. The van der Waals surface area contributed by atoms with Gasteiger partial charge in [-0.15, -0.1) is 0 Å². The molecule has 1 aliphatic rings. The molecule has 0 bridgehead atoms. The number of unbranched alkanes of at least 4 members (excludes halogenated alkanes) is 13. The number of amides is 6. The molecule has 0 radical (unpaired) electrons. The molecular weight excluding hydrogens is 1060 g/mol. The highest BCUT2D eigenvalue weighted by Gasteiger charge is 2.30. The molecule has 24 heteroatoms. The number of halogens is 1. The number of nitrogens with one attached hydrogen (secondary N) is 6. The van der Waals surface area contributed by atoms with Gasteiger partial charge in [-0.3, -0.25) is 33.3 Å². The number of hydrogen-bond acceptors (Lipinski definition) is 14. The van der Waals surface area contributed by atoms with E-state index >= 15 is 0 Å². The molecule has 0 aromatic rings. The molecule has 10 N–H and O–H groups in total. The molecule has 2 atom stereocenters. The summed E-state index contributed by atoms with van der Waals surface area (Å²) in [6.07, 6.45) is 18.6. The van der Waals surface area contributed by atoms with Gasteiger partial charge in [-0.2, -0.15) is 8.42 Å². The van der Waals surface area contributed by atoms with Crippen LogP contribution in [0.1, 0.15) is 148 Å². The van der Waals surface area contributed by atoms with Crippen LogP contribution in [-0.2, 0) is 62.6 Å². The van der Waals surface area contributed by atoms with E-state index in [0.717, 1.165) is 70.6 Å². The number of primary amides is 1. The van der Waals surface area contributed by atoms with E-state index in [1.54, 1.807) is 0 Å². The zero-order valence-corrected chi connectivity index (χ0v) is 44.8. The largest absolute Gasteiger partial charge is 0.480 e. The zero-order valence-electron chi connectivity index (χ0n) is 41.8. The van der Waals surface area contributed by atoms with E-state index in [0.29, 0.717) is 51.6 Å². The van der Waals surface area contributed by atoms with Crippen molar-refractivity contribution in [2.24, 2.45) is 17.6 Å². The summed E-state index contributed by atoms with van der Waals surface area (Å²) < 4.78 is 54.4. The van der Waals surface area contributed by atoms with Crippen LogP contribution in [0.2, 0.25) is 0 Å². The Morgan fingerprint density at radius 3 is 1.54 bits per heavy atom. The van der Waals surface area contributed by atoms with Crippen molar-refractivity contribution < 1.29 is 70.6 Å². The summed E-state index contributed by atoms with van der Waals surface area (Å²) in [5.41, 5.74) is 5.27. The fraction of sp³-hybridized carbons (Fsp3) is 0.851. The van der Waals surface area contributed by atoms with Crippen LogP contribution in [0.15, 0.2) is 0 Å². The van der Waals surface area contributed by atoms with Crippen molar-refractivity contribution in [3.63, 3.8) is 0 Å². The van der Waals surface area contributed by atoms with Gasteiger partial charge in [0.2, 0.25) is 35.4 Å². The predicted molar refractivity (Wildman–Crippen MR) is 275 cm³/mol. The molecule has 6 amide bonds. The zero-order chi connectivity index (χ0) is 52.4. The average Bonchev–Trinajstić information content (AvgIpc) is 3.33. The first-order chi connectivity index (χ1) is 34.1. The van der Waals surface area contributed by atoms with E-state index in [9.17, 15) is 47.1 Å². The Balaban J connectivity index is 1.99. The third-order valence-corrected chi connectivity index (χ3v) is 13.5. The topological polar surface area (TPSA) is 329 Å². The molecule has 0 heterocycles. The monoisotopic (exact) mass is 1150 g/mol. The van der Waals surface area contributed by atoms with Gasteiger partial charge >= 0.3 is 5.97 Å². The lowest BCUT2D eigenvalue weighted by molar-refractivity contribution is -0.143. The molecule has 1 rings (SSSR count). The average molecular weight is 1150 g/mol. The fourth-order valence-electron chi connectivity index (χ4n) is 7.75. The molecule has 0 aromatic heterocycles. The Morgan fingerprint density at radius 1 is 0.549 bits per heavy atom. The van der Waals surface area contributed by atoms with E-state index in [4.69, 9.17) is 29.2 Å². The molecule has 0 unspecified atom stereocenters. The van der Waals surface area contributed by atoms with E-state index in [-0.39, 0.29) is 126 Å². The molecule has 412 valence electrons. The molecule has 1 saturated carbocycles. The van der Waals surface area contributed by atoms with Gasteiger partial charge in [-0.25, -0.2) is 8.32 Å². The van der Waals surface area contributed by atoms with Crippen LogP contribution in [0.5, 0.6) is 0 Å². The normalized spacial score (nSPS) is 15.6. The molecule has 0 aliphatic heterocycles. The highest BCUT2D eigenvalue weighted by atomic mass is 127. The maximum absolute atomic E-state index is 13.0. The van der Waals surface area contributed by atoms with Gasteiger partial charge in [0.25, 0.3) is 10.1 Å². The first-order valence-corrected chi connectivity index (χ1v) is 28.3. The third-order valence-electron chi connectivity index (χ3n) is 12.0. The van der Waals surface area contributed by atoms with Gasteiger partial charge in [0.05, 0.1) is 51.4 Å². The number of carbonyl (C=O) groups excluding carboxylic acids is 6. The summed E-state index contributed by atoms with van der Waals surface area (Å²) in [5.74, 6) is -3.09. The summed E-state index contributed by atoms with van der Waals surface area (Å²) in [5, 5.41) is 23.4. The summed E-state index contributed by atoms with van der Waals surface area (Å²) in [6.45, 7) is 2.40. The summed E-state index contributed by atoms with van der Waals surface area (Å²) in [7, 11) is -3.84. The molecule has 22 nitrogen and oxygen atoms in total. The first-order valence-electron chi connectivity index (χ1n) is 25.6.